The molecule has 1 N–H and O–H groups in total. The second kappa shape index (κ2) is 9.82. The van der Waals surface area contributed by atoms with Crippen LogP contribution in [0.1, 0.15) is 62.2 Å². The molecule has 0 saturated carbocycles. The van der Waals surface area contributed by atoms with Crippen molar-refractivity contribution in [3.8, 4) is 0 Å². The van der Waals surface area contributed by atoms with Gasteiger partial charge in [0.25, 0.3) is 5.91 Å². The van der Waals surface area contributed by atoms with Crippen LogP contribution in [0.5, 0.6) is 0 Å². The quantitative estimate of drug-likeness (QED) is 0.721. The van der Waals surface area contributed by atoms with Gasteiger partial charge in [0.05, 0.1) is 5.56 Å². The van der Waals surface area contributed by atoms with Crippen molar-refractivity contribution in [1.29, 1.82) is 0 Å². The summed E-state index contributed by atoms with van der Waals surface area (Å²) in [6.45, 7) is 13.1. The SMILES string of the molecule is CCc1ccc(C(=O)N(CC(C)(C)C)c2cccc(C)n2)c(N2CCC(CO)CC2)c1. The number of rotatable bonds is 6. The Morgan fingerprint density at radius 2 is 1.90 bits per heavy atom. The van der Waals surface area contributed by atoms with Crippen molar-refractivity contribution < 1.29 is 9.90 Å². The van der Waals surface area contributed by atoms with Crippen molar-refractivity contribution in [2.45, 2.75) is 53.9 Å². The van der Waals surface area contributed by atoms with Crippen molar-refractivity contribution in [3.63, 3.8) is 0 Å². The third-order valence-electron chi connectivity index (χ3n) is 5.94. The Morgan fingerprint density at radius 3 is 2.48 bits per heavy atom. The average molecular weight is 424 g/mol. The fraction of sp³-hybridized carbons (Fsp3) is 0.538. The van der Waals surface area contributed by atoms with Crippen LogP contribution >= 0.6 is 0 Å². The van der Waals surface area contributed by atoms with Gasteiger partial charge in [0.15, 0.2) is 0 Å². The molecule has 0 atom stereocenters. The largest absolute Gasteiger partial charge is 0.396 e. The molecule has 31 heavy (non-hydrogen) atoms. The van der Waals surface area contributed by atoms with Crippen LogP contribution in [-0.2, 0) is 6.42 Å². The summed E-state index contributed by atoms with van der Waals surface area (Å²) in [7, 11) is 0. The maximum atomic E-state index is 13.9. The second-order valence-corrected chi connectivity index (χ2v) is 9.91. The van der Waals surface area contributed by atoms with E-state index in [9.17, 15) is 9.90 Å². The molecule has 1 saturated heterocycles. The molecule has 1 aliphatic heterocycles. The van der Waals surface area contributed by atoms with Crippen LogP contribution in [0, 0.1) is 18.3 Å². The average Bonchev–Trinajstić information content (AvgIpc) is 2.76. The highest BCUT2D eigenvalue weighted by Crippen LogP contribution is 2.31. The topological polar surface area (TPSA) is 56.7 Å². The smallest absolute Gasteiger partial charge is 0.261 e. The molecule has 0 bridgehead atoms. The minimum absolute atomic E-state index is 0.00467. The number of pyridine rings is 1. The molecule has 3 rings (SSSR count). The van der Waals surface area contributed by atoms with Crippen LogP contribution in [0.3, 0.4) is 0 Å². The highest BCUT2D eigenvalue weighted by molar-refractivity contribution is 6.09. The zero-order chi connectivity index (χ0) is 22.6. The van der Waals surface area contributed by atoms with E-state index in [1.807, 2.05) is 36.1 Å². The number of benzene rings is 1. The summed E-state index contributed by atoms with van der Waals surface area (Å²) < 4.78 is 0. The number of carbonyl (C=O) groups is 1. The molecule has 0 radical (unpaired) electrons. The Kier molecular flexibility index (Phi) is 7.37. The lowest BCUT2D eigenvalue weighted by atomic mass is 9.94. The first-order chi connectivity index (χ1) is 14.7. The van der Waals surface area contributed by atoms with Gasteiger partial charge in [0.1, 0.15) is 5.82 Å². The molecule has 0 unspecified atom stereocenters. The minimum atomic E-state index is -0.0654. The molecule has 1 aromatic carbocycles. The Labute approximate surface area is 187 Å². The van der Waals surface area contributed by atoms with Gasteiger partial charge in [-0.2, -0.15) is 0 Å². The maximum absolute atomic E-state index is 13.9. The van der Waals surface area contributed by atoms with E-state index in [1.54, 1.807) is 0 Å². The number of carbonyl (C=O) groups excluding carboxylic acids is 1. The number of aliphatic hydroxyl groups excluding tert-OH is 1. The zero-order valence-corrected chi connectivity index (χ0v) is 19.7. The molecule has 1 amide bonds. The summed E-state index contributed by atoms with van der Waals surface area (Å²) >= 11 is 0. The highest BCUT2D eigenvalue weighted by atomic mass is 16.3. The predicted octanol–water partition coefficient (Wildman–Crippen LogP) is 4.85. The van der Waals surface area contributed by atoms with Gasteiger partial charge in [-0.1, -0.05) is 39.8 Å². The van der Waals surface area contributed by atoms with Crippen LogP contribution in [-0.4, -0.2) is 42.2 Å². The number of hydrogen-bond donors (Lipinski definition) is 1. The van der Waals surface area contributed by atoms with E-state index in [4.69, 9.17) is 0 Å². The van der Waals surface area contributed by atoms with Crippen LogP contribution in [0.15, 0.2) is 36.4 Å². The number of aliphatic hydroxyl groups is 1. The van der Waals surface area contributed by atoms with Crippen molar-refractivity contribution in [3.05, 3.63) is 53.2 Å². The molecule has 5 nitrogen and oxygen atoms in total. The first kappa shape index (κ1) is 23.3. The number of anilines is 2. The summed E-state index contributed by atoms with van der Waals surface area (Å²) in [5, 5.41) is 9.52. The van der Waals surface area contributed by atoms with Gasteiger partial charge in [0, 0.05) is 37.6 Å². The van der Waals surface area contributed by atoms with E-state index in [2.05, 4.69) is 49.7 Å². The number of aromatic nitrogens is 1. The summed E-state index contributed by atoms with van der Waals surface area (Å²) in [4.78, 5) is 22.8. The Morgan fingerprint density at radius 1 is 1.19 bits per heavy atom. The van der Waals surface area contributed by atoms with Crippen LogP contribution in [0.25, 0.3) is 0 Å². The van der Waals surface area contributed by atoms with Crippen LogP contribution in [0.4, 0.5) is 11.5 Å². The molecule has 1 fully saturated rings. The molecule has 1 aromatic heterocycles. The Bertz CT molecular complexity index is 896. The zero-order valence-electron chi connectivity index (χ0n) is 19.7. The van der Waals surface area contributed by atoms with Crippen molar-refractivity contribution >= 4 is 17.4 Å². The molecule has 5 heteroatoms. The van der Waals surface area contributed by atoms with Gasteiger partial charge in [0.2, 0.25) is 0 Å². The molecule has 168 valence electrons. The lowest BCUT2D eigenvalue weighted by molar-refractivity contribution is 0.0977. The van der Waals surface area contributed by atoms with Crippen LogP contribution < -0.4 is 9.80 Å². The first-order valence-corrected chi connectivity index (χ1v) is 11.5. The van der Waals surface area contributed by atoms with E-state index in [-0.39, 0.29) is 17.9 Å². The molecular formula is C26H37N3O2. The number of piperidine rings is 1. The van der Waals surface area contributed by atoms with Gasteiger partial charge in [-0.25, -0.2) is 4.98 Å². The lowest BCUT2D eigenvalue weighted by Crippen LogP contribution is -2.40. The monoisotopic (exact) mass is 423 g/mol. The van der Waals surface area contributed by atoms with Gasteiger partial charge in [-0.3, -0.25) is 9.69 Å². The normalized spacial score (nSPS) is 15.2. The van der Waals surface area contributed by atoms with Gasteiger partial charge < -0.3 is 10.0 Å². The standard InChI is InChI=1S/C26H37N3O2/c1-6-20-10-11-22(23(16-20)28-14-12-21(17-30)13-15-28)25(31)29(18-26(3,4)5)24-9-7-8-19(2)27-24/h7-11,16,21,30H,6,12-15,17-18H2,1-5H3. The van der Waals surface area contributed by atoms with Crippen molar-refractivity contribution in [2.24, 2.45) is 11.3 Å². The van der Waals surface area contributed by atoms with Gasteiger partial charge >= 0.3 is 0 Å². The summed E-state index contributed by atoms with van der Waals surface area (Å²) in [5.41, 5.74) is 3.80. The maximum Gasteiger partial charge on any atom is 0.261 e. The molecule has 2 heterocycles. The number of aryl methyl sites for hydroxylation is 2. The summed E-state index contributed by atoms with van der Waals surface area (Å²) in [6, 6.07) is 12.1. The van der Waals surface area contributed by atoms with E-state index in [0.717, 1.165) is 49.3 Å². The second-order valence-electron chi connectivity index (χ2n) is 9.91. The van der Waals surface area contributed by atoms with Gasteiger partial charge in [-0.05, 0) is 67.3 Å². The summed E-state index contributed by atoms with van der Waals surface area (Å²) in [5.74, 6) is 1.05. The number of nitrogens with zero attached hydrogens (tertiary/aromatic N) is 3. The van der Waals surface area contributed by atoms with Crippen molar-refractivity contribution in [1.82, 2.24) is 4.98 Å². The first-order valence-electron chi connectivity index (χ1n) is 11.5. The molecule has 0 spiro atoms. The third-order valence-corrected chi connectivity index (χ3v) is 5.94. The van der Waals surface area contributed by atoms with E-state index in [1.165, 1.54) is 5.56 Å². The number of hydrogen-bond acceptors (Lipinski definition) is 4. The van der Waals surface area contributed by atoms with E-state index in [0.29, 0.717) is 18.3 Å². The molecule has 1 aliphatic rings. The highest BCUT2D eigenvalue weighted by Gasteiger charge is 2.29. The Hall–Kier alpha value is -2.40. The van der Waals surface area contributed by atoms with E-state index >= 15 is 0 Å². The fourth-order valence-electron chi connectivity index (χ4n) is 4.15. The Balaban J connectivity index is 2.01. The molecule has 0 aliphatic carbocycles. The van der Waals surface area contributed by atoms with E-state index < -0.39 is 0 Å². The minimum Gasteiger partial charge on any atom is -0.396 e. The molecular weight excluding hydrogens is 386 g/mol. The van der Waals surface area contributed by atoms with Crippen LogP contribution in [0.2, 0.25) is 0 Å². The van der Waals surface area contributed by atoms with Crippen molar-refractivity contribution in [2.75, 3.05) is 36.0 Å². The predicted molar refractivity (Wildman–Crippen MR) is 128 cm³/mol. The number of amides is 1. The third kappa shape index (κ3) is 5.85. The fourth-order valence-corrected chi connectivity index (χ4v) is 4.15. The summed E-state index contributed by atoms with van der Waals surface area (Å²) in [6.07, 6.45) is 2.83. The molecule has 2 aromatic rings. The van der Waals surface area contributed by atoms with Gasteiger partial charge in [-0.15, -0.1) is 0 Å². The lowest BCUT2D eigenvalue weighted by Gasteiger charge is -2.35.